The number of carbonyl (C=O) groups is 4. The monoisotopic (exact) mass is 767 g/mol. The molecule has 4 amide bonds. The lowest BCUT2D eigenvalue weighted by Gasteiger charge is -2.17. The van der Waals surface area contributed by atoms with Crippen LogP contribution in [-0.2, 0) is 24.1 Å². The van der Waals surface area contributed by atoms with Crippen molar-refractivity contribution in [2.75, 3.05) is 47.5 Å². The van der Waals surface area contributed by atoms with Gasteiger partial charge in [0, 0.05) is 89.0 Å². The molecule has 3 aliphatic heterocycles. The largest absolute Gasteiger partial charge is 0.396 e. The average molecular weight is 768 g/mol. The molecule has 294 valence electrons. The van der Waals surface area contributed by atoms with Gasteiger partial charge in [-0.1, -0.05) is 26.2 Å². The second kappa shape index (κ2) is 15.2. The van der Waals surface area contributed by atoms with E-state index in [2.05, 4.69) is 27.2 Å². The van der Waals surface area contributed by atoms with E-state index in [1.54, 1.807) is 4.90 Å². The van der Waals surface area contributed by atoms with Crippen LogP contribution in [0.25, 0.3) is 32.7 Å². The second-order valence-electron chi connectivity index (χ2n) is 15.7. The van der Waals surface area contributed by atoms with Crippen molar-refractivity contribution in [3.05, 3.63) is 88.4 Å². The molecule has 5 N–H and O–H groups in total. The van der Waals surface area contributed by atoms with Gasteiger partial charge in [-0.05, 0) is 116 Å². The molecule has 3 aromatic heterocycles. The number of H-pyrrole nitrogens is 3. The van der Waals surface area contributed by atoms with Gasteiger partial charge in [-0.2, -0.15) is 0 Å². The smallest absolute Gasteiger partial charge is 0.274 e. The fraction of sp³-hybridized carbons (Fsp3) is 0.378. The summed E-state index contributed by atoms with van der Waals surface area (Å²) in [5, 5.41) is 14.8. The number of hydrogen-bond acceptors (Lipinski definition) is 5. The average Bonchev–Trinajstić information content (AvgIpc) is 4.07. The summed E-state index contributed by atoms with van der Waals surface area (Å²) in [5.41, 5.74) is 9.94. The number of benzene rings is 3. The second-order valence-corrected chi connectivity index (χ2v) is 15.7. The lowest BCUT2D eigenvalue weighted by molar-refractivity contribution is -0.118. The van der Waals surface area contributed by atoms with E-state index in [4.69, 9.17) is 5.11 Å². The first-order valence-electron chi connectivity index (χ1n) is 20.6. The van der Waals surface area contributed by atoms with Gasteiger partial charge >= 0.3 is 0 Å². The Morgan fingerprint density at radius 1 is 0.596 bits per heavy atom. The molecule has 9 rings (SSSR count). The van der Waals surface area contributed by atoms with Crippen LogP contribution < -0.4 is 20.0 Å². The van der Waals surface area contributed by atoms with Gasteiger partial charge in [0.25, 0.3) is 17.7 Å². The molecular formula is C45H49N7O5. The summed E-state index contributed by atoms with van der Waals surface area (Å²) in [6.07, 6.45) is 9.35. The molecule has 0 saturated carbocycles. The summed E-state index contributed by atoms with van der Waals surface area (Å²) in [7, 11) is 0. The molecular weight excluding hydrogens is 719 g/mol. The Morgan fingerprint density at radius 2 is 1.07 bits per heavy atom. The first-order valence-corrected chi connectivity index (χ1v) is 20.6. The molecule has 0 saturated heterocycles. The van der Waals surface area contributed by atoms with Crippen molar-refractivity contribution in [1.82, 2.24) is 20.3 Å². The van der Waals surface area contributed by atoms with E-state index in [9.17, 15) is 19.2 Å². The van der Waals surface area contributed by atoms with Crippen molar-refractivity contribution in [1.29, 1.82) is 0 Å². The third kappa shape index (κ3) is 6.55. The number of aliphatic hydroxyl groups is 1. The van der Waals surface area contributed by atoms with E-state index in [0.29, 0.717) is 62.5 Å². The number of unbranched alkanes of at least 4 members (excludes halogenated alkanes) is 5. The quantitative estimate of drug-likeness (QED) is 0.0781. The highest BCUT2D eigenvalue weighted by atomic mass is 16.3. The first-order chi connectivity index (χ1) is 27.8. The molecule has 0 fully saturated rings. The number of fused-ring (bicyclic) bond motifs is 9. The minimum Gasteiger partial charge on any atom is -0.396 e. The fourth-order valence-electron chi connectivity index (χ4n) is 9.21. The number of nitrogens with one attached hydrogen (secondary N) is 4. The maximum Gasteiger partial charge on any atom is 0.274 e. The number of anilines is 3. The molecule has 3 aromatic carbocycles. The van der Waals surface area contributed by atoms with E-state index in [1.807, 2.05) is 64.4 Å². The van der Waals surface area contributed by atoms with Gasteiger partial charge in [0.15, 0.2) is 0 Å². The number of aliphatic hydroxyl groups excluding tert-OH is 1. The van der Waals surface area contributed by atoms with Crippen LogP contribution in [0.2, 0.25) is 0 Å². The number of carbonyl (C=O) groups excluding carboxylic acids is 4. The zero-order valence-corrected chi connectivity index (χ0v) is 32.4. The zero-order chi connectivity index (χ0) is 39.2. The molecule has 0 bridgehead atoms. The number of rotatable bonds is 13. The third-order valence-electron chi connectivity index (χ3n) is 12.2. The summed E-state index contributed by atoms with van der Waals surface area (Å²) < 4.78 is 0. The van der Waals surface area contributed by atoms with Gasteiger partial charge < -0.3 is 40.1 Å². The van der Waals surface area contributed by atoms with Crippen LogP contribution in [0.5, 0.6) is 0 Å². The van der Waals surface area contributed by atoms with Crippen LogP contribution in [0, 0.1) is 0 Å². The Labute approximate surface area is 330 Å². The summed E-state index contributed by atoms with van der Waals surface area (Å²) in [5.74, 6) is -0.218. The Morgan fingerprint density at radius 3 is 1.60 bits per heavy atom. The first kappa shape index (κ1) is 36.7. The third-order valence-corrected chi connectivity index (χ3v) is 12.2. The predicted octanol–water partition coefficient (Wildman–Crippen LogP) is 7.29. The molecule has 57 heavy (non-hydrogen) atoms. The molecule has 0 spiro atoms. The number of amides is 4. The summed E-state index contributed by atoms with van der Waals surface area (Å²) in [4.78, 5) is 69.7. The van der Waals surface area contributed by atoms with Gasteiger partial charge in [-0.3, -0.25) is 19.2 Å². The number of aromatic nitrogens is 3. The van der Waals surface area contributed by atoms with Crippen molar-refractivity contribution in [2.45, 2.75) is 77.6 Å². The van der Waals surface area contributed by atoms with Crippen molar-refractivity contribution < 1.29 is 24.3 Å². The highest BCUT2D eigenvalue weighted by Gasteiger charge is 2.33. The van der Waals surface area contributed by atoms with Gasteiger partial charge in [-0.15, -0.1) is 0 Å². The number of nitrogens with zero attached hydrogens (tertiary/aromatic N) is 3. The summed E-state index contributed by atoms with van der Waals surface area (Å²) >= 11 is 0. The van der Waals surface area contributed by atoms with Gasteiger partial charge in [-0.25, -0.2) is 0 Å². The van der Waals surface area contributed by atoms with E-state index in [1.165, 1.54) is 0 Å². The maximum atomic E-state index is 14.1. The standard InChI is InChI=1S/C45H49N7O5/c1-2-3-4-6-9-42(54)50-20-16-27-31-25-37(48-34(31)10-13-39(27)50)44(56)52-22-18-29-32-26-38(49-35(32)12-15-41(29)52)45(57)51-21-17-28-30-24-36(47-33(30)11-14-40(28)51)43(55)46-19-7-5-8-23-53/h10-15,24-26,47-49,53H,2-9,16-23H2,1H3,(H,46,55). The van der Waals surface area contributed by atoms with Crippen LogP contribution in [-0.4, -0.2) is 76.5 Å². The molecule has 3 aliphatic rings. The van der Waals surface area contributed by atoms with E-state index >= 15 is 0 Å². The fourth-order valence-corrected chi connectivity index (χ4v) is 9.21. The van der Waals surface area contributed by atoms with Crippen LogP contribution in [0.15, 0.2) is 54.6 Å². The van der Waals surface area contributed by atoms with Crippen LogP contribution >= 0.6 is 0 Å². The molecule has 0 atom stereocenters. The molecule has 12 nitrogen and oxygen atoms in total. The Kier molecular flexibility index (Phi) is 9.81. The lowest BCUT2D eigenvalue weighted by Crippen LogP contribution is -2.29. The SMILES string of the molecule is CCCCCCC(=O)N1CCc2c1ccc1[nH]c(C(=O)N3CCc4c3ccc3[nH]c(C(=O)N5CCc6c5ccc5[nH]c(C(=O)NCCCCCO)cc65)cc43)cc21. The van der Waals surface area contributed by atoms with Crippen molar-refractivity contribution in [2.24, 2.45) is 0 Å². The highest BCUT2D eigenvalue weighted by molar-refractivity contribution is 6.13. The van der Waals surface area contributed by atoms with Gasteiger partial charge in [0.1, 0.15) is 17.1 Å². The molecule has 6 aromatic rings. The topological polar surface area (TPSA) is 158 Å². The summed E-state index contributed by atoms with van der Waals surface area (Å²) in [6, 6.07) is 17.5. The van der Waals surface area contributed by atoms with E-state index in [0.717, 1.165) is 118 Å². The van der Waals surface area contributed by atoms with Crippen molar-refractivity contribution in [3.8, 4) is 0 Å². The molecule has 0 radical (unpaired) electrons. The Bertz CT molecular complexity index is 2560. The van der Waals surface area contributed by atoms with E-state index < -0.39 is 0 Å². The minimum absolute atomic E-state index is 0.102. The Hall–Kier alpha value is -5.88. The highest BCUT2D eigenvalue weighted by Crippen LogP contribution is 2.40. The molecule has 0 aliphatic carbocycles. The summed E-state index contributed by atoms with van der Waals surface area (Å²) in [6.45, 7) is 4.61. The van der Waals surface area contributed by atoms with E-state index in [-0.39, 0.29) is 30.2 Å². The molecule has 6 heterocycles. The Balaban J connectivity index is 0.913. The lowest BCUT2D eigenvalue weighted by atomic mass is 10.1. The van der Waals surface area contributed by atoms with Crippen molar-refractivity contribution >= 4 is 73.4 Å². The van der Waals surface area contributed by atoms with Crippen LogP contribution in [0.4, 0.5) is 17.1 Å². The predicted molar refractivity (Wildman–Crippen MR) is 224 cm³/mol. The number of aromatic amines is 3. The zero-order valence-electron chi connectivity index (χ0n) is 32.4. The van der Waals surface area contributed by atoms with Crippen molar-refractivity contribution in [3.63, 3.8) is 0 Å². The van der Waals surface area contributed by atoms with Crippen LogP contribution in [0.3, 0.4) is 0 Å². The molecule has 0 unspecified atom stereocenters. The van der Waals surface area contributed by atoms with Gasteiger partial charge in [0.05, 0.1) is 0 Å². The van der Waals surface area contributed by atoms with Crippen LogP contribution in [0.1, 0.15) is 106 Å². The molecule has 12 heteroatoms. The number of hydrogen-bond donors (Lipinski definition) is 5. The minimum atomic E-state index is -0.167. The van der Waals surface area contributed by atoms with Gasteiger partial charge in [0.2, 0.25) is 5.91 Å². The maximum absolute atomic E-state index is 14.1. The normalized spacial score (nSPS) is 14.6.